The largest absolute Gasteiger partial charge is 0.493 e. The molecule has 2 saturated carbocycles. The van der Waals surface area contributed by atoms with Gasteiger partial charge in [-0.15, -0.1) is 0 Å². The zero-order chi connectivity index (χ0) is 13.2. The number of benzene rings is 1. The van der Waals surface area contributed by atoms with Crippen molar-refractivity contribution in [3.05, 3.63) is 33.9 Å². The second-order valence-electron chi connectivity index (χ2n) is 5.46. The van der Waals surface area contributed by atoms with E-state index in [2.05, 4.69) is 5.32 Å². The topological polar surface area (TPSA) is 64.4 Å². The normalized spacial score (nSPS) is 18.3. The molecule has 0 aliphatic heterocycles. The van der Waals surface area contributed by atoms with E-state index in [4.69, 9.17) is 4.74 Å². The molecule has 2 aliphatic carbocycles. The summed E-state index contributed by atoms with van der Waals surface area (Å²) in [6, 6.07) is 5.45. The highest BCUT2D eigenvalue weighted by atomic mass is 16.6. The molecule has 19 heavy (non-hydrogen) atoms. The van der Waals surface area contributed by atoms with E-state index in [1.165, 1.54) is 31.7 Å². The van der Waals surface area contributed by atoms with E-state index in [1.54, 1.807) is 12.1 Å². The zero-order valence-electron chi connectivity index (χ0n) is 10.8. The maximum absolute atomic E-state index is 10.8. The highest BCUT2D eigenvalue weighted by Crippen LogP contribution is 2.31. The van der Waals surface area contributed by atoms with Gasteiger partial charge in [0, 0.05) is 30.3 Å². The molecule has 0 unspecified atom stereocenters. The predicted octanol–water partition coefficient (Wildman–Crippen LogP) is 2.64. The molecular formula is C14H18N2O3. The van der Waals surface area contributed by atoms with Gasteiger partial charge in [-0.3, -0.25) is 10.1 Å². The fourth-order valence-corrected chi connectivity index (χ4v) is 1.99. The average Bonchev–Trinajstić information content (AvgIpc) is 3.27. The molecule has 1 aromatic rings. The minimum absolute atomic E-state index is 0.131. The lowest BCUT2D eigenvalue weighted by molar-refractivity contribution is -0.384. The number of rotatable bonds is 7. The van der Waals surface area contributed by atoms with Crippen LogP contribution in [0.15, 0.2) is 18.2 Å². The standard InChI is InChI=1S/C14H18N2O3/c17-16(18)13-5-6-14(19-9-10-1-2-10)11(7-13)8-15-12-3-4-12/h5-7,10,12,15H,1-4,8-9H2. The highest BCUT2D eigenvalue weighted by molar-refractivity contribution is 5.43. The Kier molecular flexibility index (Phi) is 3.38. The van der Waals surface area contributed by atoms with Crippen LogP contribution >= 0.6 is 0 Å². The molecular weight excluding hydrogens is 244 g/mol. The highest BCUT2D eigenvalue weighted by Gasteiger charge is 2.24. The molecule has 0 amide bonds. The molecule has 1 aromatic carbocycles. The van der Waals surface area contributed by atoms with Crippen molar-refractivity contribution >= 4 is 5.69 Å². The summed E-state index contributed by atoms with van der Waals surface area (Å²) in [5, 5.41) is 14.2. The van der Waals surface area contributed by atoms with Crippen LogP contribution in [0.5, 0.6) is 5.75 Å². The molecule has 102 valence electrons. The van der Waals surface area contributed by atoms with Crippen LogP contribution in [0.25, 0.3) is 0 Å². The van der Waals surface area contributed by atoms with Gasteiger partial charge in [-0.25, -0.2) is 0 Å². The summed E-state index contributed by atoms with van der Waals surface area (Å²) >= 11 is 0. The molecule has 5 nitrogen and oxygen atoms in total. The molecule has 2 fully saturated rings. The maximum Gasteiger partial charge on any atom is 0.270 e. The Morgan fingerprint density at radius 2 is 2.11 bits per heavy atom. The lowest BCUT2D eigenvalue weighted by Gasteiger charge is -2.11. The fourth-order valence-electron chi connectivity index (χ4n) is 1.99. The average molecular weight is 262 g/mol. The summed E-state index contributed by atoms with van der Waals surface area (Å²) in [6.07, 6.45) is 4.88. The predicted molar refractivity (Wildman–Crippen MR) is 71.2 cm³/mol. The van der Waals surface area contributed by atoms with E-state index >= 15 is 0 Å². The van der Waals surface area contributed by atoms with Gasteiger partial charge in [-0.1, -0.05) is 0 Å². The number of hydrogen-bond donors (Lipinski definition) is 1. The number of nitro benzene ring substituents is 1. The van der Waals surface area contributed by atoms with Crippen LogP contribution in [-0.2, 0) is 6.54 Å². The van der Waals surface area contributed by atoms with Crippen molar-refractivity contribution in [3.8, 4) is 5.75 Å². The molecule has 0 atom stereocenters. The van der Waals surface area contributed by atoms with Gasteiger partial charge in [0.25, 0.3) is 5.69 Å². The van der Waals surface area contributed by atoms with Crippen molar-refractivity contribution in [3.63, 3.8) is 0 Å². The van der Waals surface area contributed by atoms with Gasteiger partial charge in [-0.2, -0.15) is 0 Å². The first-order chi connectivity index (χ1) is 9.22. The van der Waals surface area contributed by atoms with Gasteiger partial charge in [-0.05, 0) is 37.7 Å². The Morgan fingerprint density at radius 3 is 2.74 bits per heavy atom. The number of ether oxygens (including phenoxy) is 1. The first-order valence-electron chi connectivity index (χ1n) is 6.86. The summed E-state index contributed by atoms with van der Waals surface area (Å²) < 4.78 is 5.79. The summed E-state index contributed by atoms with van der Waals surface area (Å²) in [7, 11) is 0. The number of nitro groups is 1. The van der Waals surface area contributed by atoms with Gasteiger partial charge >= 0.3 is 0 Å². The number of nitrogens with zero attached hydrogens (tertiary/aromatic N) is 1. The molecule has 0 spiro atoms. The first-order valence-corrected chi connectivity index (χ1v) is 6.86. The van der Waals surface area contributed by atoms with Crippen molar-refractivity contribution in [2.45, 2.75) is 38.3 Å². The third-order valence-electron chi connectivity index (χ3n) is 3.58. The molecule has 0 saturated heterocycles. The van der Waals surface area contributed by atoms with E-state index in [-0.39, 0.29) is 10.6 Å². The summed E-state index contributed by atoms with van der Waals surface area (Å²) in [5.74, 6) is 1.46. The minimum atomic E-state index is -0.356. The van der Waals surface area contributed by atoms with Crippen LogP contribution in [0.4, 0.5) is 5.69 Å². The molecule has 5 heteroatoms. The molecule has 0 radical (unpaired) electrons. The monoisotopic (exact) mass is 262 g/mol. The molecule has 0 bridgehead atoms. The Bertz CT molecular complexity index is 482. The number of nitrogens with one attached hydrogen (secondary N) is 1. The Hall–Kier alpha value is -1.62. The molecule has 1 N–H and O–H groups in total. The van der Waals surface area contributed by atoms with E-state index in [0.717, 1.165) is 17.9 Å². The SMILES string of the molecule is O=[N+]([O-])c1ccc(OCC2CC2)c(CNC2CC2)c1. The van der Waals surface area contributed by atoms with Crippen LogP contribution < -0.4 is 10.1 Å². The summed E-state index contributed by atoms with van der Waals surface area (Å²) in [6.45, 7) is 1.38. The van der Waals surface area contributed by atoms with Crippen LogP contribution in [0.2, 0.25) is 0 Å². The van der Waals surface area contributed by atoms with Crippen molar-refractivity contribution in [1.29, 1.82) is 0 Å². The number of hydrogen-bond acceptors (Lipinski definition) is 4. The Labute approximate surface area is 112 Å². The first kappa shape index (κ1) is 12.4. The molecule has 0 heterocycles. The Morgan fingerprint density at radius 1 is 1.32 bits per heavy atom. The van der Waals surface area contributed by atoms with Gasteiger partial charge in [0.15, 0.2) is 0 Å². The van der Waals surface area contributed by atoms with Gasteiger partial charge < -0.3 is 10.1 Å². The van der Waals surface area contributed by atoms with Gasteiger partial charge in [0.1, 0.15) is 5.75 Å². The van der Waals surface area contributed by atoms with Crippen molar-refractivity contribution < 1.29 is 9.66 Å². The third-order valence-corrected chi connectivity index (χ3v) is 3.58. The van der Waals surface area contributed by atoms with Crippen molar-refractivity contribution in [2.24, 2.45) is 5.92 Å². The van der Waals surface area contributed by atoms with E-state index < -0.39 is 0 Å². The second kappa shape index (κ2) is 5.17. The minimum Gasteiger partial charge on any atom is -0.493 e. The third kappa shape index (κ3) is 3.44. The van der Waals surface area contributed by atoms with E-state index in [9.17, 15) is 10.1 Å². The number of non-ortho nitro benzene ring substituents is 1. The van der Waals surface area contributed by atoms with Crippen LogP contribution in [0.3, 0.4) is 0 Å². The van der Waals surface area contributed by atoms with Crippen LogP contribution in [0, 0.1) is 16.0 Å². The van der Waals surface area contributed by atoms with Crippen molar-refractivity contribution in [2.75, 3.05) is 6.61 Å². The fraction of sp³-hybridized carbons (Fsp3) is 0.571. The van der Waals surface area contributed by atoms with E-state index in [1.807, 2.05) is 0 Å². The smallest absolute Gasteiger partial charge is 0.270 e. The zero-order valence-corrected chi connectivity index (χ0v) is 10.8. The lowest BCUT2D eigenvalue weighted by Crippen LogP contribution is -2.16. The maximum atomic E-state index is 10.8. The van der Waals surface area contributed by atoms with Crippen LogP contribution in [0.1, 0.15) is 31.2 Å². The summed E-state index contributed by atoms with van der Waals surface area (Å²) in [5.41, 5.74) is 1.02. The van der Waals surface area contributed by atoms with Crippen molar-refractivity contribution in [1.82, 2.24) is 5.32 Å². The lowest BCUT2D eigenvalue weighted by atomic mass is 10.1. The van der Waals surface area contributed by atoms with E-state index in [0.29, 0.717) is 18.5 Å². The quantitative estimate of drug-likeness (QED) is 0.606. The Balaban J connectivity index is 1.71. The molecule has 2 aliphatic rings. The summed E-state index contributed by atoms with van der Waals surface area (Å²) in [4.78, 5) is 10.5. The molecule has 0 aromatic heterocycles. The second-order valence-corrected chi connectivity index (χ2v) is 5.46. The van der Waals surface area contributed by atoms with Gasteiger partial charge in [0.05, 0.1) is 11.5 Å². The molecule has 3 rings (SSSR count). The van der Waals surface area contributed by atoms with Crippen LogP contribution in [-0.4, -0.2) is 17.6 Å². The van der Waals surface area contributed by atoms with Gasteiger partial charge in [0.2, 0.25) is 0 Å².